The highest BCUT2D eigenvalue weighted by molar-refractivity contribution is 5.78. The molecule has 3 nitrogen and oxygen atoms in total. The Morgan fingerprint density at radius 2 is 2.20 bits per heavy atom. The van der Waals surface area contributed by atoms with E-state index < -0.39 is 0 Å². The molecule has 1 aromatic carbocycles. The molecule has 0 fully saturated rings. The van der Waals surface area contributed by atoms with Gasteiger partial charge in [0, 0.05) is 11.6 Å². The van der Waals surface area contributed by atoms with Crippen LogP contribution < -0.4 is 5.32 Å². The fraction of sp³-hybridized carbons (Fsp3) is 0.167. The van der Waals surface area contributed by atoms with E-state index in [9.17, 15) is 0 Å². The number of hydrogen-bond donors (Lipinski definition) is 1. The summed E-state index contributed by atoms with van der Waals surface area (Å²) in [4.78, 5) is 8.52. The van der Waals surface area contributed by atoms with Gasteiger partial charge in [-0.2, -0.15) is 0 Å². The topological polar surface area (TPSA) is 37.8 Å². The first-order chi connectivity index (χ1) is 7.29. The second-order valence-electron chi connectivity index (χ2n) is 3.29. The van der Waals surface area contributed by atoms with Crippen LogP contribution in [0, 0.1) is 12.3 Å². The maximum Gasteiger partial charge on any atom is 0.224 e. The van der Waals surface area contributed by atoms with Crippen LogP contribution in [0.4, 0.5) is 5.95 Å². The van der Waals surface area contributed by atoms with Crippen LogP contribution in [-0.4, -0.2) is 16.0 Å². The molecule has 0 radical (unpaired) electrons. The summed E-state index contributed by atoms with van der Waals surface area (Å²) in [6.07, 6.45) is 7.05. The van der Waals surface area contributed by atoms with E-state index >= 15 is 0 Å². The minimum absolute atomic E-state index is 0.0637. The summed E-state index contributed by atoms with van der Waals surface area (Å²) in [5, 5.41) is 4.05. The van der Waals surface area contributed by atoms with Crippen molar-refractivity contribution in [2.24, 2.45) is 0 Å². The maximum atomic E-state index is 5.26. The molecule has 0 aliphatic rings. The Morgan fingerprint density at radius 3 is 3.00 bits per heavy atom. The van der Waals surface area contributed by atoms with Crippen LogP contribution in [0.2, 0.25) is 0 Å². The number of terminal acetylenes is 1. The first kappa shape index (κ1) is 9.47. The number of benzene rings is 1. The molecule has 2 rings (SSSR count). The molecule has 3 heteroatoms. The normalized spacial score (nSPS) is 12.0. The molecule has 1 N–H and O–H groups in total. The van der Waals surface area contributed by atoms with E-state index in [2.05, 4.69) is 21.2 Å². The van der Waals surface area contributed by atoms with Crippen molar-refractivity contribution in [2.75, 3.05) is 5.32 Å². The van der Waals surface area contributed by atoms with Crippen molar-refractivity contribution in [3.63, 3.8) is 0 Å². The predicted octanol–water partition coefficient (Wildman–Crippen LogP) is 2.06. The summed E-state index contributed by atoms with van der Waals surface area (Å²) in [5.74, 6) is 3.14. The molecule has 1 heterocycles. The van der Waals surface area contributed by atoms with Gasteiger partial charge >= 0.3 is 0 Å². The molecule has 0 aliphatic carbocycles. The van der Waals surface area contributed by atoms with Crippen LogP contribution in [0.1, 0.15) is 6.92 Å². The summed E-state index contributed by atoms with van der Waals surface area (Å²) in [6, 6.07) is 7.77. The number of rotatable bonds is 2. The first-order valence-electron chi connectivity index (χ1n) is 4.74. The summed E-state index contributed by atoms with van der Waals surface area (Å²) in [5.41, 5.74) is 0.916. The maximum absolute atomic E-state index is 5.26. The Morgan fingerprint density at radius 1 is 1.40 bits per heavy atom. The molecule has 2 aromatic rings. The van der Waals surface area contributed by atoms with Crippen molar-refractivity contribution >= 4 is 16.9 Å². The highest BCUT2D eigenvalue weighted by Gasteiger charge is 2.01. The standard InChI is InChI=1S/C12H11N3/c1-3-9(2)14-12-13-8-10-6-4-5-7-11(10)15-12/h1,4-9H,2H3,(H,13,14,15). The van der Waals surface area contributed by atoms with E-state index in [-0.39, 0.29) is 6.04 Å². The Balaban J connectivity index is 2.35. The Labute approximate surface area is 88.6 Å². The third kappa shape index (κ3) is 2.05. The lowest BCUT2D eigenvalue weighted by atomic mass is 10.2. The van der Waals surface area contributed by atoms with Gasteiger partial charge in [-0.15, -0.1) is 6.42 Å². The van der Waals surface area contributed by atoms with E-state index in [1.54, 1.807) is 6.20 Å². The molecular weight excluding hydrogens is 186 g/mol. The molecule has 15 heavy (non-hydrogen) atoms. The van der Waals surface area contributed by atoms with Crippen molar-refractivity contribution in [2.45, 2.75) is 13.0 Å². The van der Waals surface area contributed by atoms with Crippen molar-refractivity contribution < 1.29 is 0 Å². The number of fused-ring (bicyclic) bond motifs is 1. The SMILES string of the molecule is C#CC(C)Nc1ncc2ccccc2n1. The Kier molecular flexibility index (Phi) is 2.51. The van der Waals surface area contributed by atoms with Gasteiger partial charge in [-0.25, -0.2) is 9.97 Å². The number of hydrogen-bond acceptors (Lipinski definition) is 3. The van der Waals surface area contributed by atoms with Gasteiger partial charge in [0.05, 0.1) is 11.6 Å². The van der Waals surface area contributed by atoms with Gasteiger partial charge in [-0.3, -0.25) is 0 Å². The second kappa shape index (κ2) is 3.97. The van der Waals surface area contributed by atoms with Crippen molar-refractivity contribution in [3.05, 3.63) is 30.5 Å². The van der Waals surface area contributed by atoms with Crippen molar-refractivity contribution in [1.29, 1.82) is 0 Å². The molecule has 0 aliphatic heterocycles. The van der Waals surface area contributed by atoms with Gasteiger partial charge in [0.2, 0.25) is 5.95 Å². The van der Waals surface area contributed by atoms with Gasteiger partial charge in [0.25, 0.3) is 0 Å². The number of nitrogens with one attached hydrogen (secondary N) is 1. The van der Waals surface area contributed by atoms with Crippen LogP contribution in [-0.2, 0) is 0 Å². The third-order valence-electron chi connectivity index (χ3n) is 2.08. The van der Waals surface area contributed by atoms with Crippen LogP contribution in [0.3, 0.4) is 0 Å². The number of para-hydroxylation sites is 1. The zero-order chi connectivity index (χ0) is 10.7. The number of aromatic nitrogens is 2. The third-order valence-corrected chi connectivity index (χ3v) is 2.08. The highest BCUT2D eigenvalue weighted by Crippen LogP contribution is 2.11. The molecule has 1 atom stereocenters. The van der Waals surface area contributed by atoms with E-state index in [1.807, 2.05) is 31.2 Å². The first-order valence-corrected chi connectivity index (χ1v) is 4.74. The summed E-state index contributed by atoms with van der Waals surface area (Å²) >= 11 is 0. The smallest absolute Gasteiger partial charge is 0.224 e. The summed E-state index contributed by atoms with van der Waals surface area (Å²) in [6.45, 7) is 1.89. The van der Waals surface area contributed by atoms with Gasteiger partial charge in [0.1, 0.15) is 0 Å². The monoisotopic (exact) mass is 197 g/mol. The van der Waals surface area contributed by atoms with E-state index in [0.717, 1.165) is 10.9 Å². The minimum Gasteiger partial charge on any atom is -0.341 e. The average molecular weight is 197 g/mol. The van der Waals surface area contributed by atoms with Crippen molar-refractivity contribution in [3.8, 4) is 12.3 Å². The molecule has 0 amide bonds. The molecule has 0 saturated carbocycles. The quantitative estimate of drug-likeness (QED) is 0.749. The fourth-order valence-electron chi connectivity index (χ4n) is 1.28. The molecule has 1 aromatic heterocycles. The van der Waals surface area contributed by atoms with E-state index in [1.165, 1.54) is 0 Å². The second-order valence-corrected chi connectivity index (χ2v) is 3.29. The molecular formula is C12H11N3. The van der Waals surface area contributed by atoms with Crippen LogP contribution in [0.5, 0.6) is 0 Å². The predicted molar refractivity (Wildman–Crippen MR) is 61.5 cm³/mol. The molecule has 1 unspecified atom stereocenters. The average Bonchev–Trinajstić information content (AvgIpc) is 2.29. The summed E-state index contributed by atoms with van der Waals surface area (Å²) < 4.78 is 0. The van der Waals surface area contributed by atoms with Gasteiger partial charge in [-0.05, 0) is 13.0 Å². The zero-order valence-electron chi connectivity index (χ0n) is 8.44. The molecule has 0 saturated heterocycles. The Hall–Kier alpha value is -2.08. The lowest BCUT2D eigenvalue weighted by Gasteiger charge is -2.07. The zero-order valence-corrected chi connectivity index (χ0v) is 8.44. The van der Waals surface area contributed by atoms with E-state index in [4.69, 9.17) is 6.42 Å². The van der Waals surface area contributed by atoms with Gasteiger partial charge in [-0.1, -0.05) is 24.1 Å². The van der Waals surface area contributed by atoms with Crippen LogP contribution in [0.15, 0.2) is 30.5 Å². The van der Waals surface area contributed by atoms with Crippen LogP contribution in [0.25, 0.3) is 10.9 Å². The number of nitrogens with zero attached hydrogens (tertiary/aromatic N) is 2. The van der Waals surface area contributed by atoms with E-state index in [0.29, 0.717) is 5.95 Å². The largest absolute Gasteiger partial charge is 0.341 e. The molecule has 0 bridgehead atoms. The molecule has 0 spiro atoms. The fourth-order valence-corrected chi connectivity index (χ4v) is 1.28. The summed E-state index contributed by atoms with van der Waals surface area (Å²) in [7, 11) is 0. The minimum atomic E-state index is -0.0637. The Bertz CT molecular complexity index is 514. The lowest BCUT2D eigenvalue weighted by molar-refractivity contribution is 0.991. The van der Waals surface area contributed by atoms with Gasteiger partial charge in [0.15, 0.2) is 0 Å². The molecule has 74 valence electrons. The lowest BCUT2D eigenvalue weighted by Crippen LogP contribution is -2.14. The van der Waals surface area contributed by atoms with Crippen LogP contribution >= 0.6 is 0 Å². The number of anilines is 1. The highest BCUT2D eigenvalue weighted by atomic mass is 15.1. The van der Waals surface area contributed by atoms with Crippen molar-refractivity contribution in [1.82, 2.24) is 9.97 Å². The van der Waals surface area contributed by atoms with Gasteiger partial charge < -0.3 is 5.32 Å².